The lowest BCUT2D eigenvalue weighted by molar-refractivity contribution is -0.139. The number of esters is 2. The highest BCUT2D eigenvalue weighted by Gasteiger charge is 2.14. The van der Waals surface area contributed by atoms with Crippen LogP contribution in [0.4, 0.5) is 0 Å². The van der Waals surface area contributed by atoms with Crippen molar-refractivity contribution in [3.8, 4) is 11.1 Å². The maximum absolute atomic E-state index is 12.1. The summed E-state index contributed by atoms with van der Waals surface area (Å²) in [5, 5.41) is 18.9. The van der Waals surface area contributed by atoms with Gasteiger partial charge in [-0.1, -0.05) is 80.7 Å². The quantitative estimate of drug-likeness (QED) is 0.0850. The van der Waals surface area contributed by atoms with E-state index in [1.807, 2.05) is 0 Å². The topological polar surface area (TPSA) is 93.1 Å². The zero-order chi connectivity index (χ0) is 33.5. The number of hydrogen-bond donors (Lipinski definition) is 2. The molecule has 0 radical (unpaired) electrons. The molecule has 0 unspecified atom stereocenters. The molecule has 6 heteroatoms. The molecule has 0 aromatic heterocycles. The summed E-state index contributed by atoms with van der Waals surface area (Å²) in [5.41, 5.74) is 10.4. The van der Waals surface area contributed by atoms with E-state index in [-0.39, 0.29) is 37.7 Å². The van der Waals surface area contributed by atoms with Crippen LogP contribution >= 0.6 is 0 Å². The molecule has 3 aromatic rings. The molecule has 0 aliphatic rings. The largest absolute Gasteiger partial charge is 0.462 e. The van der Waals surface area contributed by atoms with Gasteiger partial charge in [-0.15, -0.1) is 0 Å². The average molecular weight is 627 g/mol. The van der Waals surface area contributed by atoms with Crippen molar-refractivity contribution in [2.75, 3.05) is 26.4 Å². The minimum Gasteiger partial charge on any atom is -0.462 e. The molecule has 3 aromatic carbocycles. The third-order valence-electron chi connectivity index (χ3n) is 8.24. The van der Waals surface area contributed by atoms with Crippen LogP contribution in [0.5, 0.6) is 0 Å². The lowest BCUT2D eigenvalue weighted by Crippen LogP contribution is -2.12. The summed E-state index contributed by atoms with van der Waals surface area (Å²) in [6.45, 7) is 13.4. The summed E-state index contributed by atoms with van der Waals surface area (Å²) in [7, 11) is 0. The Morgan fingerprint density at radius 3 is 1.70 bits per heavy atom. The molecule has 0 saturated heterocycles. The van der Waals surface area contributed by atoms with Gasteiger partial charge >= 0.3 is 11.9 Å². The minimum absolute atomic E-state index is 0.0113. The van der Waals surface area contributed by atoms with Crippen molar-refractivity contribution in [1.29, 1.82) is 0 Å². The van der Waals surface area contributed by atoms with Crippen molar-refractivity contribution in [2.24, 2.45) is 5.92 Å². The van der Waals surface area contributed by atoms with E-state index < -0.39 is 0 Å². The Kier molecular flexibility index (Phi) is 14.9. The van der Waals surface area contributed by atoms with E-state index >= 15 is 0 Å². The van der Waals surface area contributed by atoms with E-state index in [2.05, 4.69) is 80.7 Å². The first-order valence-electron chi connectivity index (χ1n) is 16.3. The highest BCUT2D eigenvalue weighted by molar-refractivity contribution is 5.87. The highest BCUT2D eigenvalue weighted by Crippen LogP contribution is 2.31. The molecule has 0 fully saturated rings. The lowest BCUT2D eigenvalue weighted by Gasteiger charge is -2.17. The van der Waals surface area contributed by atoms with Crippen LogP contribution in [-0.2, 0) is 57.6 Å². The average Bonchev–Trinajstić information content (AvgIpc) is 3.06. The van der Waals surface area contributed by atoms with Crippen molar-refractivity contribution in [1.82, 2.24) is 0 Å². The van der Waals surface area contributed by atoms with Gasteiger partial charge in [0.25, 0.3) is 0 Å². The second-order valence-corrected chi connectivity index (χ2v) is 12.1. The SMILES string of the molecule is C=C(C)C(=O)OCCCc1ccc(CCc2ccc(-c3ccc(CCC(CO)CO)cc3CC)c(CCOC(=O)C(=C)C)c2)cc1. The molecule has 6 nitrogen and oxygen atoms in total. The van der Waals surface area contributed by atoms with E-state index in [4.69, 9.17) is 9.47 Å². The van der Waals surface area contributed by atoms with Crippen LogP contribution in [0.1, 0.15) is 67.0 Å². The summed E-state index contributed by atoms with van der Waals surface area (Å²) in [5.74, 6) is -0.823. The molecule has 0 bridgehead atoms. The maximum atomic E-state index is 12.1. The van der Waals surface area contributed by atoms with Gasteiger partial charge in [-0.3, -0.25) is 0 Å². The Labute approximate surface area is 274 Å². The number of carbonyl (C=O) groups excluding carboxylic acids is 2. The van der Waals surface area contributed by atoms with E-state index in [1.54, 1.807) is 13.8 Å². The Bertz CT molecular complexity index is 1470. The molecule has 0 amide bonds. The fraction of sp³-hybridized carbons (Fsp3) is 0.400. The molecule has 2 N–H and O–H groups in total. The van der Waals surface area contributed by atoms with E-state index in [1.165, 1.54) is 33.4 Å². The first kappa shape index (κ1) is 36.5. The summed E-state index contributed by atoms with van der Waals surface area (Å²) in [6, 6.07) is 21.8. The molecule has 0 spiro atoms. The fourth-order valence-corrected chi connectivity index (χ4v) is 5.34. The molecular formula is C40H50O6. The fourth-order valence-electron chi connectivity index (χ4n) is 5.34. The molecule has 0 aliphatic heterocycles. The molecule has 0 aliphatic carbocycles. The third kappa shape index (κ3) is 11.4. The van der Waals surface area contributed by atoms with Gasteiger partial charge in [0, 0.05) is 36.7 Å². The number of rotatable bonds is 19. The number of aryl methyl sites for hydroxylation is 5. The van der Waals surface area contributed by atoms with Gasteiger partial charge in [-0.05, 0) is 103 Å². The van der Waals surface area contributed by atoms with Crippen molar-refractivity contribution in [3.63, 3.8) is 0 Å². The standard InChI is InChI=1S/C40H50O6/c1-6-35-24-32(15-16-34(26-41)27-42)17-19-37(35)38-20-18-33(25-36(38)21-23-46-40(44)29(4)5)14-13-31-11-9-30(10-12-31)8-7-22-45-39(43)28(2)3/h9-12,17-20,24-25,34,41-42H,2,4,6-8,13-16,21-23,26-27H2,1,3,5H3. The second kappa shape index (κ2) is 18.8. The Hall–Kier alpha value is -4.00. The number of benzene rings is 3. The monoisotopic (exact) mass is 626 g/mol. The Balaban J connectivity index is 1.73. The van der Waals surface area contributed by atoms with Gasteiger partial charge in [0.2, 0.25) is 0 Å². The second-order valence-electron chi connectivity index (χ2n) is 12.1. The first-order valence-corrected chi connectivity index (χ1v) is 16.3. The van der Waals surface area contributed by atoms with Crippen LogP contribution in [0.3, 0.4) is 0 Å². The van der Waals surface area contributed by atoms with Crippen molar-refractivity contribution in [2.45, 2.75) is 72.1 Å². The summed E-state index contributed by atoms with van der Waals surface area (Å²) < 4.78 is 10.7. The van der Waals surface area contributed by atoms with Crippen molar-refractivity contribution < 1.29 is 29.3 Å². The predicted octanol–water partition coefficient (Wildman–Crippen LogP) is 6.95. The van der Waals surface area contributed by atoms with E-state index in [9.17, 15) is 19.8 Å². The smallest absolute Gasteiger partial charge is 0.333 e. The molecule has 246 valence electrons. The summed E-state index contributed by atoms with van der Waals surface area (Å²) >= 11 is 0. The number of aliphatic hydroxyl groups excluding tert-OH is 2. The molecule has 0 atom stereocenters. The Morgan fingerprint density at radius 1 is 0.652 bits per heavy atom. The normalized spacial score (nSPS) is 11.0. The highest BCUT2D eigenvalue weighted by atomic mass is 16.5. The maximum Gasteiger partial charge on any atom is 0.333 e. The molecule has 46 heavy (non-hydrogen) atoms. The number of aliphatic hydroxyl groups is 2. The molecular weight excluding hydrogens is 576 g/mol. The van der Waals surface area contributed by atoms with Crippen LogP contribution in [0, 0.1) is 5.92 Å². The van der Waals surface area contributed by atoms with Crippen LogP contribution in [0.25, 0.3) is 11.1 Å². The summed E-state index contributed by atoms with van der Waals surface area (Å²) in [6.07, 6.45) is 6.39. The zero-order valence-corrected chi connectivity index (χ0v) is 27.8. The van der Waals surface area contributed by atoms with Gasteiger partial charge < -0.3 is 19.7 Å². The zero-order valence-electron chi connectivity index (χ0n) is 27.8. The number of hydrogen-bond acceptors (Lipinski definition) is 6. The van der Waals surface area contributed by atoms with Crippen molar-refractivity contribution >= 4 is 11.9 Å². The van der Waals surface area contributed by atoms with Gasteiger partial charge in [-0.2, -0.15) is 0 Å². The first-order chi connectivity index (χ1) is 22.1. The lowest BCUT2D eigenvalue weighted by atomic mass is 9.89. The van der Waals surface area contributed by atoms with E-state index in [0.29, 0.717) is 24.2 Å². The number of carbonyl (C=O) groups is 2. The van der Waals surface area contributed by atoms with Gasteiger partial charge in [-0.25, -0.2) is 9.59 Å². The minimum atomic E-state index is -0.378. The third-order valence-corrected chi connectivity index (χ3v) is 8.24. The van der Waals surface area contributed by atoms with Crippen LogP contribution < -0.4 is 0 Å². The van der Waals surface area contributed by atoms with Crippen molar-refractivity contribution in [3.05, 3.63) is 118 Å². The molecule has 0 heterocycles. The van der Waals surface area contributed by atoms with Crippen LogP contribution in [0.15, 0.2) is 85.0 Å². The predicted molar refractivity (Wildman–Crippen MR) is 185 cm³/mol. The molecule has 3 rings (SSSR count). The molecule has 0 saturated carbocycles. The Morgan fingerprint density at radius 2 is 1.13 bits per heavy atom. The number of ether oxygens (including phenoxy) is 2. The summed E-state index contributed by atoms with van der Waals surface area (Å²) in [4.78, 5) is 23.6. The van der Waals surface area contributed by atoms with E-state index in [0.717, 1.165) is 56.1 Å². The van der Waals surface area contributed by atoms with Crippen LogP contribution in [0.2, 0.25) is 0 Å². The van der Waals surface area contributed by atoms with Crippen LogP contribution in [-0.4, -0.2) is 48.6 Å². The van der Waals surface area contributed by atoms with Gasteiger partial charge in [0.05, 0.1) is 13.2 Å². The van der Waals surface area contributed by atoms with Gasteiger partial charge in [0.15, 0.2) is 0 Å². The van der Waals surface area contributed by atoms with Gasteiger partial charge in [0.1, 0.15) is 0 Å².